The topological polar surface area (TPSA) is 72.9 Å². The van der Waals surface area contributed by atoms with Gasteiger partial charge in [-0.15, -0.1) is 0 Å². The third-order valence-corrected chi connectivity index (χ3v) is 3.79. The fraction of sp³-hybridized carbons (Fsp3) is 0.533. The number of carbonyl (C=O) groups excluding carboxylic acids is 1. The fourth-order valence-corrected chi connectivity index (χ4v) is 2.80. The first kappa shape index (κ1) is 17.7. The zero-order valence-corrected chi connectivity index (χ0v) is 14.3. The van der Waals surface area contributed by atoms with Crippen molar-refractivity contribution in [2.75, 3.05) is 17.8 Å². The first-order valence-electron chi connectivity index (χ1n) is 7.12. The number of amides is 1. The van der Waals surface area contributed by atoms with Gasteiger partial charge in [0.2, 0.25) is 0 Å². The van der Waals surface area contributed by atoms with E-state index in [0.29, 0.717) is 11.3 Å². The summed E-state index contributed by atoms with van der Waals surface area (Å²) in [5.41, 5.74) is -0.00288. The fourth-order valence-electron chi connectivity index (χ4n) is 2.39. The molecule has 0 aromatic heterocycles. The van der Waals surface area contributed by atoms with E-state index < -0.39 is 33.7 Å². The first-order chi connectivity index (χ1) is 10.5. The predicted octanol–water partition coefficient (Wildman–Crippen LogP) is 2.47. The van der Waals surface area contributed by atoms with Crippen molar-refractivity contribution in [1.82, 2.24) is 0 Å². The maximum Gasteiger partial charge on any atom is 0.415 e. The third kappa shape index (κ3) is 4.42. The Morgan fingerprint density at radius 1 is 1.39 bits per heavy atom. The molecule has 128 valence electrons. The summed E-state index contributed by atoms with van der Waals surface area (Å²) in [6.07, 6.45) is 0.425. The minimum absolute atomic E-state index is 0.163. The Kier molecular flexibility index (Phi) is 4.68. The van der Waals surface area contributed by atoms with Crippen LogP contribution in [0.2, 0.25) is 0 Å². The van der Waals surface area contributed by atoms with Crippen molar-refractivity contribution in [3.63, 3.8) is 0 Å². The molecule has 0 unspecified atom stereocenters. The minimum atomic E-state index is -3.67. The summed E-state index contributed by atoms with van der Waals surface area (Å²) in [7, 11) is -3.67. The molecule has 1 heterocycles. The van der Waals surface area contributed by atoms with Gasteiger partial charge in [-0.05, 0) is 32.9 Å². The van der Waals surface area contributed by atoms with E-state index in [1.807, 2.05) is 0 Å². The molecule has 0 spiro atoms. The highest BCUT2D eigenvalue weighted by Gasteiger charge is 2.38. The van der Waals surface area contributed by atoms with Crippen molar-refractivity contribution >= 4 is 21.9 Å². The van der Waals surface area contributed by atoms with Crippen molar-refractivity contribution in [2.45, 2.75) is 38.8 Å². The molecule has 1 aliphatic rings. The van der Waals surface area contributed by atoms with Crippen LogP contribution >= 0.6 is 0 Å². The lowest BCUT2D eigenvalue weighted by Crippen LogP contribution is -2.43. The van der Waals surface area contributed by atoms with Crippen LogP contribution in [0, 0.1) is 5.82 Å². The zero-order chi connectivity index (χ0) is 17.4. The second-order valence-corrected chi connectivity index (χ2v) is 8.08. The molecule has 1 atom stereocenters. The molecule has 23 heavy (non-hydrogen) atoms. The van der Waals surface area contributed by atoms with Crippen LogP contribution in [0.1, 0.15) is 26.3 Å². The molecule has 0 N–H and O–H groups in total. The number of carbonyl (C=O) groups is 1. The van der Waals surface area contributed by atoms with Crippen LogP contribution in [0.25, 0.3) is 0 Å². The number of nitrogens with zero attached hydrogens (tertiary/aromatic N) is 1. The molecule has 0 radical (unpaired) electrons. The SMILES string of the molecule is CC(C)(C)OC(=O)N1c2cccc(F)c2C[C@H]1COS(C)(=O)=O. The van der Waals surface area contributed by atoms with Crippen molar-refractivity contribution in [1.29, 1.82) is 0 Å². The van der Waals surface area contributed by atoms with E-state index in [-0.39, 0.29) is 13.0 Å². The second kappa shape index (κ2) is 6.09. The largest absolute Gasteiger partial charge is 0.443 e. The lowest BCUT2D eigenvalue weighted by atomic mass is 10.1. The van der Waals surface area contributed by atoms with Gasteiger partial charge in [-0.2, -0.15) is 8.42 Å². The van der Waals surface area contributed by atoms with Crippen LogP contribution in [0.3, 0.4) is 0 Å². The molecule has 0 fully saturated rings. The number of rotatable bonds is 3. The molecule has 1 aromatic rings. The van der Waals surface area contributed by atoms with Gasteiger partial charge in [-0.1, -0.05) is 6.07 Å². The Bertz CT molecular complexity index is 711. The van der Waals surface area contributed by atoms with Crippen molar-refractivity contribution in [2.24, 2.45) is 0 Å². The van der Waals surface area contributed by atoms with Gasteiger partial charge in [0.1, 0.15) is 11.4 Å². The molecule has 2 rings (SSSR count). The lowest BCUT2D eigenvalue weighted by Gasteiger charge is -2.28. The van der Waals surface area contributed by atoms with E-state index >= 15 is 0 Å². The standard InChI is InChI=1S/C15H20FNO5S/c1-15(2,3)22-14(18)17-10(9-21-23(4,19)20)8-11-12(16)6-5-7-13(11)17/h5-7,10H,8-9H2,1-4H3/t10-/m0/s1. The molecule has 6 nitrogen and oxygen atoms in total. The molecule has 0 aliphatic carbocycles. The highest BCUT2D eigenvalue weighted by Crippen LogP contribution is 2.35. The van der Waals surface area contributed by atoms with Gasteiger partial charge in [0.05, 0.1) is 24.6 Å². The number of halogens is 1. The molecule has 0 saturated heterocycles. The predicted molar refractivity (Wildman–Crippen MR) is 83.4 cm³/mol. The molecule has 1 aromatic carbocycles. The van der Waals surface area contributed by atoms with Gasteiger partial charge in [0.25, 0.3) is 10.1 Å². The van der Waals surface area contributed by atoms with Gasteiger partial charge in [0, 0.05) is 12.0 Å². The quantitative estimate of drug-likeness (QED) is 0.787. The molecule has 8 heteroatoms. The number of anilines is 1. The summed E-state index contributed by atoms with van der Waals surface area (Å²) in [4.78, 5) is 13.7. The third-order valence-electron chi connectivity index (χ3n) is 3.22. The molecule has 1 aliphatic heterocycles. The van der Waals surface area contributed by atoms with E-state index in [2.05, 4.69) is 0 Å². The Hall–Kier alpha value is -1.67. The van der Waals surface area contributed by atoms with E-state index in [4.69, 9.17) is 8.92 Å². The van der Waals surface area contributed by atoms with Crippen LogP contribution < -0.4 is 4.90 Å². The Morgan fingerprint density at radius 2 is 2.04 bits per heavy atom. The Balaban J connectivity index is 2.32. The summed E-state index contributed by atoms with van der Waals surface area (Å²) in [5, 5.41) is 0. The summed E-state index contributed by atoms with van der Waals surface area (Å²) in [5.74, 6) is -0.446. The van der Waals surface area contributed by atoms with Gasteiger partial charge < -0.3 is 4.74 Å². The number of hydrogen-bond acceptors (Lipinski definition) is 5. The monoisotopic (exact) mass is 345 g/mol. The Labute approximate surface area is 135 Å². The van der Waals surface area contributed by atoms with Crippen molar-refractivity contribution < 1.29 is 26.5 Å². The molecular formula is C15H20FNO5S. The number of ether oxygens (including phenoxy) is 1. The van der Waals surface area contributed by atoms with Crippen molar-refractivity contribution in [3.8, 4) is 0 Å². The van der Waals surface area contributed by atoms with Crippen LogP contribution in [0.15, 0.2) is 18.2 Å². The van der Waals surface area contributed by atoms with Gasteiger partial charge in [-0.25, -0.2) is 9.18 Å². The maximum absolute atomic E-state index is 14.0. The average molecular weight is 345 g/mol. The number of hydrogen-bond donors (Lipinski definition) is 0. The van der Waals surface area contributed by atoms with Gasteiger partial charge in [-0.3, -0.25) is 9.08 Å². The van der Waals surface area contributed by atoms with Gasteiger partial charge >= 0.3 is 6.09 Å². The summed E-state index contributed by atoms with van der Waals surface area (Å²) in [6, 6.07) is 3.74. The van der Waals surface area contributed by atoms with Crippen molar-refractivity contribution in [3.05, 3.63) is 29.6 Å². The molecule has 0 saturated carbocycles. The normalized spacial score (nSPS) is 18.0. The molecular weight excluding hydrogens is 325 g/mol. The van der Waals surface area contributed by atoms with Crippen LogP contribution in [-0.4, -0.2) is 39.0 Å². The summed E-state index contributed by atoms with van der Waals surface area (Å²) < 4.78 is 46.5. The summed E-state index contributed by atoms with van der Waals surface area (Å²) in [6.45, 7) is 4.90. The van der Waals surface area contributed by atoms with Crippen LogP contribution in [-0.2, 0) is 25.5 Å². The van der Waals surface area contributed by atoms with Crippen LogP contribution in [0.4, 0.5) is 14.9 Å². The van der Waals surface area contributed by atoms with E-state index in [0.717, 1.165) is 6.26 Å². The molecule has 0 bridgehead atoms. The lowest BCUT2D eigenvalue weighted by molar-refractivity contribution is 0.0560. The van der Waals surface area contributed by atoms with Gasteiger partial charge in [0.15, 0.2) is 0 Å². The number of benzene rings is 1. The Morgan fingerprint density at radius 3 is 2.61 bits per heavy atom. The van der Waals surface area contributed by atoms with E-state index in [9.17, 15) is 17.6 Å². The first-order valence-corrected chi connectivity index (χ1v) is 8.93. The van der Waals surface area contributed by atoms with Crippen LogP contribution in [0.5, 0.6) is 0 Å². The minimum Gasteiger partial charge on any atom is -0.443 e. The highest BCUT2D eigenvalue weighted by molar-refractivity contribution is 7.85. The molecule has 1 amide bonds. The zero-order valence-electron chi connectivity index (χ0n) is 13.5. The maximum atomic E-state index is 14.0. The number of fused-ring (bicyclic) bond motifs is 1. The highest BCUT2D eigenvalue weighted by atomic mass is 32.2. The second-order valence-electron chi connectivity index (χ2n) is 6.43. The van der Waals surface area contributed by atoms with E-state index in [1.54, 1.807) is 26.8 Å². The smallest absolute Gasteiger partial charge is 0.415 e. The average Bonchev–Trinajstić information content (AvgIpc) is 2.73. The summed E-state index contributed by atoms with van der Waals surface area (Å²) >= 11 is 0. The van der Waals surface area contributed by atoms with E-state index in [1.165, 1.54) is 17.0 Å².